The molecule has 2 rings (SSSR count). The maximum Gasteiger partial charge on any atom is 0.138 e. The van der Waals surface area contributed by atoms with Gasteiger partial charge in [-0.15, -0.1) is 0 Å². The second kappa shape index (κ2) is 3.58. The summed E-state index contributed by atoms with van der Waals surface area (Å²) in [5.74, 6) is 0.757. The molecule has 1 aromatic carbocycles. The van der Waals surface area contributed by atoms with Gasteiger partial charge < -0.3 is 4.98 Å². The first-order valence-electron chi connectivity index (χ1n) is 4.73. The molecule has 0 bridgehead atoms. The lowest BCUT2D eigenvalue weighted by Gasteiger charge is -2.03. The van der Waals surface area contributed by atoms with Crippen molar-refractivity contribution in [3.63, 3.8) is 0 Å². The maximum atomic E-state index is 8.70. The number of hydrogen-bond acceptors (Lipinski definition) is 2. The monoisotopic (exact) mass is 197 g/mol. The van der Waals surface area contributed by atoms with E-state index in [4.69, 9.17) is 5.26 Å². The Balaban J connectivity index is 2.54. The van der Waals surface area contributed by atoms with Crippen molar-refractivity contribution in [3.8, 4) is 17.5 Å². The van der Waals surface area contributed by atoms with Crippen molar-refractivity contribution < 1.29 is 0 Å². The third kappa shape index (κ3) is 1.75. The Hall–Kier alpha value is -2.08. The van der Waals surface area contributed by atoms with Crippen LogP contribution in [0.1, 0.15) is 16.8 Å². The van der Waals surface area contributed by atoms with Gasteiger partial charge >= 0.3 is 0 Å². The van der Waals surface area contributed by atoms with Gasteiger partial charge in [0, 0.05) is 5.56 Å². The molecule has 0 spiro atoms. The molecule has 0 amide bonds. The van der Waals surface area contributed by atoms with Crippen molar-refractivity contribution in [3.05, 3.63) is 41.2 Å². The minimum absolute atomic E-state index is 0.492. The van der Waals surface area contributed by atoms with Crippen molar-refractivity contribution in [2.45, 2.75) is 13.8 Å². The van der Waals surface area contributed by atoms with Gasteiger partial charge in [-0.05, 0) is 25.5 Å². The summed E-state index contributed by atoms with van der Waals surface area (Å²) in [5, 5.41) is 8.70. The summed E-state index contributed by atoms with van der Waals surface area (Å²) in [6, 6.07) is 8.22. The fraction of sp³-hybridized carbons (Fsp3) is 0.167. The highest BCUT2D eigenvalue weighted by Gasteiger charge is 2.06. The van der Waals surface area contributed by atoms with Crippen LogP contribution in [0.5, 0.6) is 0 Å². The minimum Gasteiger partial charge on any atom is -0.330 e. The van der Waals surface area contributed by atoms with Gasteiger partial charge in [-0.1, -0.05) is 17.7 Å². The summed E-state index contributed by atoms with van der Waals surface area (Å²) in [6.45, 7) is 4.07. The summed E-state index contributed by atoms with van der Waals surface area (Å²) >= 11 is 0. The maximum absolute atomic E-state index is 8.70. The second-order valence-electron chi connectivity index (χ2n) is 3.58. The van der Waals surface area contributed by atoms with Gasteiger partial charge in [-0.3, -0.25) is 0 Å². The predicted octanol–water partition coefficient (Wildman–Crippen LogP) is 2.57. The minimum atomic E-state index is 0.492. The van der Waals surface area contributed by atoms with E-state index in [0.29, 0.717) is 5.69 Å². The van der Waals surface area contributed by atoms with Crippen LogP contribution >= 0.6 is 0 Å². The number of benzene rings is 1. The van der Waals surface area contributed by atoms with Gasteiger partial charge in [-0.25, -0.2) is 4.98 Å². The molecule has 0 radical (unpaired) electrons. The molecule has 0 saturated heterocycles. The van der Waals surface area contributed by atoms with Gasteiger partial charge in [0.2, 0.25) is 0 Å². The highest BCUT2D eigenvalue weighted by Crippen LogP contribution is 2.21. The Kier molecular flexibility index (Phi) is 2.26. The van der Waals surface area contributed by atoms with Crippen LogP contribution < -0.4 is 0 Å². The van der Waals surface area contributed by atoms with Crippen molar-refractivity contribution in [2.24, 2.45) is 0 Å². The quantitative estimate of drug-likeness (QED) is 0.763. The van der Waals surface area contributed by atoms with Crippen LogP contribution in [0.3, 0.4) is 0 Å². The van der Waals surface area contributed by atoms with Crippen LogP contribution in [-0.4, -0.2) is 9.97 Å². The standard InChI is InChI=1S/C12H11N3/c1-8-3-4-9(2)11(5-8)12-14-7-10(6-13)15-12/h3-5,7H,1-2H3,(H,14,15). The van der Waals surface area contributed by atoms with Crippen molar-refractivity contribution in [2.75, 3.05) is 0 Å². The smallest absolute Gasteiger partial charge is 0.138 e. The van der Waals surface area contributed by atoms with Gasteiger partial charge in [0.1, 0.15) is 17.6 Å². The normalized spacial score (nSPS) is 9.93. The van der Waals surface area contributed by atoms with E-state index >= 15 is 0 Å². The van der Waals surface area contributed by atoms with Gasteiger partial charge in [0.15, 0.2) is 0 Å². The Bertz CT molecular complexity index is 532. The van der Waals surface area contributed by atoms with Gasteiger partial charge in [0.05, 0.1) is 6.20 Å². The van der Waals surface area contributed by atoms with E-state index < -0.39 is 0 Å². The number of aromatic amines is 1. The molecule has 2 aromatic rings. The highest BCUT2D eigenvalue weighted by molar-refractivity contribution is 5.61. The van der Waals surface area contributed by atoms with Crippen molar-refractivity contribution in [1.29, 1.82) is 5.26 Å². The Morgan fingerprint density at radius 3 is 2.80 bits per heavy atom. The molecule has 0 saturated carbocycles. The topological polar surface area (TPSA) is 52.5 Å². The Morgan fingerprint density at radius 1 is 1.33 bits per heavy atom. The van der Waals surface area contributed by atoms with Crippen LogP contribution in [0.4, 0.5) is 0 Å². The molecule has 0 aliphatic rings. The third-order valence-corrected chi connectivity index (χ3v) is 2.34. The van der Waals surface area contributed by atoms with E-state index in [1.807, 2.05) is 19.9 Å². The molecule has 1 aromatic heterocycles. The summed E-state index contributed by atoms with van der Waals surface area (Å²) in [7, 11) is 0. The van der Waals surface area contributed by atoms with Crippen LogP contribution in [0, 0.1) is 25.2 Å². The number of nitrogens with one attached hydrogen (secondary N) is 1. The van der Waals surface area contributed by atoms with E-state index in [-0.39, 0.29) is 0 Å². The molecular weight excluding hydrogens is 186 g/mol. The van der Waals surface area contributed by atoms with Crippen LogP contribution in [0.25, 0.3) is 11.4 Å². The predicted molar refractivity (Wildman–Crippen MR) is 58.2 cm³/mol. The largest absolute Gasteiger partial charge is 0.330 e. The molecule has 0 fully saturated rings. The van der Waals surface area contributed by atoms with E-state index in [2.05, 4.69) is 28.2 Å². The first-order valence-corrected chi connectivity index (χ1v) is 4.73. The molecule has 0 unspecified atom stereocenters. The number of rotatable bonds is 1. The van der Waals surface area contributed by atoms with Crippen molar-refractivity contribution >= 4 is 0 Å². The summed E-state index contributed by atoms with van der Waals surface area (Å²) in [6.07, 6.45) is 1.55. The Morgan fingerprint density at radius 2 is 2.13 bits per heavy atom. The molecule has 3 nitrogen and oxygen atoms in total. The SMILES string of the molecule is Cc1ccc(C)c(-c2ncc(C#N)[nH]2)c1. The fourth-order valence-corrected chi connectivity index (χ4v) is 1.51. The van der Waals surface area contributed by atoms with Crippen LogP contribution in [-0.2, 0) is 0 Å². The molecule has 0 aliphatic carbocycles. The zero-order valence-electron chi connectivity index (χ0n) is 8.70. The van der Waals surface area contributed by atoms with E-state index in [1.165, 1.54) is 5.56 Å². The lowest BCUT2D eigenvalue weighted by Crippen LogP contribution is -1.86. The molecular formula is C12H11N3. The second-order valence-corrected chi connectivity index (χ2v) is 3.58. The molecule has 1 heterocycles. The summed E-state index contributed by atoms with van der Waals surface area (Å²) < 4.78 is 0. The average molecular weight is 197 g/mol. The lowest BCUT2D eigenvalue weighted by atomic mass is 10.1. The Labute approximate surface area is 88.4 Å². The zero-order chi connectivity index (χ0) is 10.8. The first-order chi connectivity index (χ1) is 7.20. The van der Waals surface area contributed by atoms with Gasteiger partial charge in [0.25, 0.3) is 0 Å². The zero-order valence-corrected chi connectivity index (χ0v) is 8.70. The van der Waals surface area contributed by atoms with E-state index in [9.17, 15) is 0 Å². The van der Waals surface area contributed by atoms with Gasteiger partial charge in [-0.2, -0.15) is 5.26 Å². The number of imidazole rings is 1. The van der Waals surface area contributed by atoms with Crippen molar-refractivity contribution in [1.82, 2.24) is 9.97 Å². The number of H-pyrrole nitrogens is 1. The molecule has 15 heavy (non-hydrogen) atoms. The summed E-state index contributed by atoms with van der Waals surface area (Å²) in [5.41, 5.74) is 3.88. The number of aryl methyl sites for hydroxylation is 2. The van der Waals surface area contributed by atoms with E-state index in [0.717, 1.165) is 17.0 Å². The third-order valence-electron chi connectivity index (χ3n) is 2.34. The first kappa shape index (κ1) is 9.47. The molecule has 74 valence electrons. The molecule has 1 N–H and O–H groups in total. The fourth-order valence-electron chi connectivity index (χ4n) is 1.51. The van der Waals surface area contributed by atoms with E-state index in [1.54, 1.807) is 6.20 Å². The average Bonchev–Trinajstić information content (AvgIpc) is 2.70. The molecule has 0 atom stereocenters. The highest BCUT2D eigenvalue weighted by atomic mass is 14.9. The summed E-state index contributed by atoms with van der Waals surface area (Å²) in [4.78, 5) is 7.16. The number of nitrogens with zero attached hydrogens (tertiary/aromatic N) is 2. The molecule has 3 heteroatoms. The molecule has 0 aliphatic heterocycles. The lowest BCUT2D eigenvalue weighted by molar-refractivity contribution is 1.26. The number of aromatic nitrogens is 2. The number of hydrogen-bond donors (Lipinski definition) is 1. The van der Waals surface area contributed by atoms with Crippen LogP contribution in [0.15, 0.2) is 24.4 Å². The number of nitriles is 1. The van der Waals surface area contributed by atoms with Crippen LogP contribution in [0.2, 0.25) is 0 Å².